The van der Waals surface area contributed by atoms with Crippen molar-refractivity contribution in [1.29, 1.82) is 0 Å². The first kappa shape index (κ1) is 12.9. The number of amides is 1. The Labute approximate surface area is 108 Å². The molecule has 1 aromatic rings. The second-order valence-electron chi connectivity index (χ2n) is 5.11. The van der Waals surface area contributed by atoms with Crippen molar-refractivity contribution in [2.24, 2.45) is 0 Å². The maximum absolute atomic E-state index is 12.3. The Bertz CT molecular complexity index is 477. The number of ether oxygens (including phenoxy) is 1. The molecule has 2 rings (SSSR count). The van der Waals surface area contributed by atoms with Crippen LogP contribution in [0.3, 0.4) is 0 Å². The number of nitrogens with two attached hydrogens (primary N) is 1. The second-order valence-corrected chi connectivity index (χ2v) is 5.11. The van der Waals surface area contributed by atoms with Gasteiger partial charge in [0.25, 0.3) is 5.91 Å². The number of rotatable bonds is 2. The van der Waals surface area contributed by atoms with Crippen LogP contribution >= 0.6 is 0 Å². The first-order chi connectivity index (χ1) is 8.44. The normalized spacial score (nSPS) is 23.1. The molecule has 1 fully saturated rings. The fourth-order valence-corrected chi connectivity index (χ4v) is 2.26. The molecule has 0 aliphatic carbocycles. The Morgan fingerprint density at radius 1 is 1.44 bits per heavy atom. The zero-order valence-corrected chi connectivity index (χ0v) is 11.2. The predicted octanol–water partition coefficient (Wildman–Crippen LogP) is 2.39. The van der Waals surface area contributed by atoms with E-state index in [1.165, 1.54) is 0 Å². The Hall–Kier alpha value is -1.55. The minimum Gasteiger partial charge on any atom is -0.398 e. The van der Waals surface area contributed by atoms with Gasteiger partial charge >= 0.3 is 0 Å². The standard InChI is InChI=1S/C14H20N2O2/c1-9-5-6-11(15)10(2)12(9)16-13(17)14(3)7-4-8-18-14/h5-6H,4,7-8,15H2,1-3H3,(H,16,17). The summed E-state index contributed by atoms with van der Waals surface area (Å²) in [7, 11) is 0. The first-order valence-corrected chi connectivity index (χ1v) is 6.25. The molecule has 1 aromatic carbocycles. The van der Waals surface area contributed by atoms with Crippen LogP contribution in [0.2, 0.25) is 0 Å². The van der Waals surface area contributed by atoms with Gasteiger partial charge in [-0.15, -0.1) is 0 Å². The van der Waals surface area contributed by atoms with Crippen LogP contribution in [-0.4, -0.2) is 18.1 Å². The van der Waals surface area contributed by atoms with E-state index < -0.39 is 5.60 Å². The Kier molecular flexibility index (Phi) is 3.30. The van der Waals surface area contributed by atoms with E-state index in [1.807, 2.05) is 32.9 Å². The van der Waals surface area contributed by atoms with Crippen molar-refractivity contribution < 1.29 is 9.53 Å². The molecule has 1 atom stereocenters. The smallest absolute Gasteiger partial charge is 0.256 e. The number of carbonyl (C=O) groups is 1. The number of nitrogens with one attached hydrogen (secondary N) is 1. The molecule has 0 spiro atoms. The molecule has 1 heterocycles. The lowest BCUT2D eigenvalue weighted by atomic mass is 10.0. The lowest BCUT2D eigenvalue weighted by Gasteiger charge is -2.23. The van der Waals surface area contributed by atoms with Gasteiger partial charge in [-0.25, -0.2) is 0 Å². The van der Waals surface area contributed by atoms with Crippen LogP contribution in [0.25, 0.3) is 0 Å². The molecule has 0 radical (unpaired) electrons. The number of anilines is 2. The van der Waals surface area contributed by atoms with Crippen molar-refractivity contribution >= 4 is 17.3 Å². The van der Waals surface area contributed by atoms with E-state index >= 15 is 0 Å². The topological polar surface area (TPSA) is 64.3 Å². The molecule has 0 bridgehead atoms. The average Bonchev–Trinajstić information content (AvgIpc) is 2.78. The number of aryl methyl sites for hydroxylation is 1. The molecular formula is C14H20N2O2. The van der Waals surface area contributed by atoms with E-state index in [9.17, 15) is 4.79 Å². The van der Waals surface area contributed by atoms with Gasteiger partial charge in [0.1, 0.15) is 5.60 Å². The van der Waals surface area contributed by atoms with Gasteiger partial charge in [-0.1, -0.05) is 6.07 Å². The number of benzene rings is 1. The summed E-state index contributed by atoms with van der Waals surface area (Å²) in [6.45, 7) is 6.36. The summed E-state index contributed by atoms with van der Waals surface area (Å²) in [6.07, 6.45) is 1.69. The van der Waals surface area contributed by atoms with Gasteiger partial charge in [-0.05, 0) is 50.8 Å². The van der Waals surface area contributed by atoms with Gasteiger partial charge in [0.2, 0.25) is 0 Å². The SMILES string of the molecule is Cc1ccc(N)c(C)c1NC(=O)C1(C)CCCO1. The highest BCUT2D eigenvalue weighted by Crippen LogP contribution is 2.30. The van der Waals surface area contributed by atoms with Gasteiger partial charge in [-0.3, -0.25) is 4.79 Å². The van der Waals surface area contributed by atoms with Gasteiger partial charge in [0.15, 0.2) is 0 Å². The van der Waals surface area contributed by atoms with E-state index in [2.05, 4.69) is 5.32 Å². The van der Waals surface area contributed by atoms with E-state index in [0.29, 0.717) is 12.3 Å². The fraction of sp³-hybridized carbons (Fsp3) is 0.500. The molecule has 1 aliphatic rings. The molecule has 4 heteroatoms. The zero-order chi connectivity index (χ0) is 13.3. The van der Waals surface area contributed by atoms with Gasteiger partial charge < -0.3 is 15.8 Å². The highest BCUT2D eigenvalue weighted by molar-refractivity contribution is 5.99. The monoisotopic (exact) mass is 248 g/mol. The molecule has 3 N–H and O–H groups in total. The molecule has 1 unspecified atom stereocenters. The quantitative estimate of drug-likeness (QED) is 0.790. The van der Waals surface area contributed by atoms with E-state index in [4.69, 9.17) is 10.5 Å². The Morgan fingerprint density at radius 2 is 2.17 bits per heavy atom. The molecule has 98 valence electrons. The summed E-state index contributed by atoms with van der Waals surface area (Å²) in [5.41, 5.74) is 8.57. The third kappa shape index (κ3) is 2.20. The number of hydrogen-bond acceptors (Lipinski definition) is 3. The number of hydrogen-bond donors (Lipinski definition) is 2. The number of carbonyl (C=O) groups excluding carboxylic acids is 1. The van der Waals surface area contributed by atoms with Gasteiger partial charge in [0, 0.05) is 18.0 Å². The zero-order valence-electron chi connectivity index (χ0n) is 11.2. The molecule has 18 heavy (non-hydrogen) atoms. The summed E-state index contributed by atoms with van der Waals surface area (Å²) >= 11 is 0. The van der Waals surface area contributed by atoms with Gasteiger partial charge in [0.05, 0.1) is 0 Å². The minimum atomic E-state index is -0.705. The molecule has 1 saturated heterocycles. The summed E-state index contributed by atoms with van der Waals surface area (Å²) in [6, 6.07) is 3.77. The second kappa shape index (κ2) is 4.61. The Balaban J connectivity index is 2.24. The number of nitrogen functional groups attached to an aromatic ring is 1. The third-order valence-corrected chi connectivity index (χ3v) is 3.65. The van der Waals surface area contributed by atoms with Crippen molar-refractivity contribution in [1.82, 2.24) is 0 Å². The minimum absolute atomic E-state index is 0.0863. The Morgan fingerprint density at radius 3 is 2.78 bits per heavy atom. The highest BCUT2D eigenvalue weighted by Gasteiger charge is 2.38. The van der Waals surface area contributed by atoms with Crippen molar-refractivity contribution in [3.05, 3.63) is 23.3 Å². The first-order valence-electron chi connectivity index (χ1n) is 6.25. The molecule has 1 aliphatic heterocycles. The van der Waals surface area contributed by atoms with Crippen LogP contribution in [0.5, 0.6) is 0 Å². The maximum Gasteiger partial charge on any atom is 0.256 e. The van der Waals surface area contributed by atoms with E-state index in [-0.39, 0.29) is 5.91 Å². The maximum atomic E-state index is 12.3. The average molecular weight is 248 g/mol. The van der Waals surface area contributed by atoms with Crippen LogP contribution in [0.4, 0.5) is 11.4 Å². The fourth-order valence-electron chi connectivity index (χ4n) is 2.26. The molecule has 0 aromatic heterocycles. The molecule has 4 nitrogen and oxygen atoms in total. The van der Waals surface area contributed by atoms with Crippen LogP contribution in [0, 0.1) is 13.8 Å². The molecular weight excluding hydrogens is 228 g/mol. The highest BCUT2D eigenvalue weighted by atomic mass is 16.5. The summed E-state index contributed by atoms with van der Waals surface area (Å²) in [4.78, 5) is 12.3. The van der Waals surface area contributed by atoms with Crippen molar-refractivity contribution in [3.8, 4) is 0 Å². The van der Waals surface area contributed by atoms with Crippen LogP contribution in [-0.2, 0) is 9.53 Å². The molecule has 0 saturated carbocycles. The predicted molar refractivity (Wildman–Crippen MR) is 72.5 cm³/mol. The van der Waals surface area contributed by atoms with Crippen LogP contribution in [0.1, 0.15) is 30.9 Å². The van der Waals surface area contributed by atoms with Crippen molar-refractivity contribution in [3.63, 3.8) is 0 Å². The van der Waals surface area contributed by atoms with E-state index in [1.54, 1.807) is 0 Å². The van der Waals surface area contributed by atoms with E-state index in [0.717, 1.165) is 29.7 Å². The van der Waals surface area contributed by atoms with Crippen LogP contribution < -0.4 is 11.1 Å². The third-order valence-electron chi connectivity index (χ3n) is 3.65. The van der Waals surface area contributed by atoms with Gasteiger partial charge in [-0.2, -0.15) is 0 Å². The lowest BCUT2D eigenvalue weighted by molar-refractivity contribution is -0.133. The lowest BCUT2D eigenvalue weighted by Crippen LogP contribution is -2.39. The van der Waals surface area contributed by atoms with Crippen molar-refractivity contribution in [2.45, 2.75) is 39.2 Å². The molecule has 1 amide bonds. The largest absolute Gasteiger partial charge is 0.398 e. The summed E-state index contributed by atoms with van der Waals surface area (Å²) in [5.74, 6) is -0.0863. The van der Waals surface area contributed by atoms with Crippen LogP contribution in [0.15, 0.2) is 12.1 Å². The summed E-state index contributed by atoms with van der Waals surface area (Å²) in [5, 5.41) is 2.96. The van der Waals surface area contributed by atoms with Crippen molar-refractivity contribution in [2.75, 3.05) is 17.7 Å². The summed E-state index contributed by atoms with van der Waals surface area (Å²) < 4.78 is 5.54.